The van der Waals surface area contributed by atoms with Gasteiger partial charge in [-0.1, -0.05) is 48.6 Å². The van der Waals surface area contributed by atoms with E-state index in [0.29, 0.717) is 43.8 Å². The number of benzene rings is 2. The molecule has 1 heterocycles. The molecule has 1 aliphatic rings. The lowest BCUT2D eigenvalue weighted by Crippen LogP contribution is -2.27. The number of halogens is 1. The molecular formula is C23H24ClNO4S2. The van der Waals surface area contributed by atoms with E-state index in [2.05, 4.69) is 6.92 Å². The van der Waals surface area contributed by atoms with Gasteiger partial charge in [-0.3, -0.25) is 9.69 Å². The monoisotopic (exact) mass is 477 g/mol. The molecular weight excluding hydrogens is 454 g/mol. The second-order valence-electron chi connectivity index (χ2n) is 6.81. The number of carbonyl (C=O) groups excluding carboxylic acids is 1. The molecule has 1 fully saturated rings. The lowest BCUT2D eigenvalue weighted by Gasteiger charge is -2.17. The van der Waals surface area contributed by atoms with Gasteiger partial charge < -0.3 is 14.2 Å². The predicted molar refractivity (Wildman–Crippen MR) is 132 cm³/mol. The van der Waals surface area contributed by atoms with Crippen molar-refractivity contribution in [3.63, 3.8) is 0 Å². The van der Waals surface area contributed by atoms with Gasteiger partial charge in [-0.05, 0) is 62.2 Å². The van der Waals surface area contributed by atoms with Crippen LogP contribution < -0.4 is 19.1 Å². The average Bonchev–Trinajstić information content (AvgIpc) is 3.02. The van der Waals surface area contributed by atoms with Gasteiger partial charge in [0.1, 0.15) is 5.75 Å². The van der Waals surface area contributed by atoms with Crippen molar-refractivity contribution >= 4 is 57.6 Å². The van der Waals surface area contributed by atoms with Gasteiger partial charge in [0.2, 0.25) is 0 Å². The molecule has 0 unspecified atom stereocenters. The summed E-state index contributed by atoms with van der Waals surface area (Å²) >= 11 is 12.9. The van der Waals surface area contributed by atoms with E-state index in [1.165, 1.54) is 16.7 Å². The standard InChI is InChI=1S/C23H24ClNO4S2/c1-5-14(3)29-19-9-7-15(11-20(19)28-6-2)12-21-22(26)25(23(30)31-21)16-8-10-18(27-4)17(24)13-16/h7-14H,5-6H2,1-4H3/b21-12+/t14-/m1/s1. The van der Waals surface area contributed by atoms with Gasteiger partial charge in [-0.25, -0.2) is 0 Å². The Hall–Kier alpha value is -2.22. The quantitative estimate of drug-likeness (QED) is 0.327. The molecule has 0 aliphatic carbocycles. The van der Waals surface area contributed by atoms with Crippen molar-refractivity contribution in [1.29, 1.82) is 0 Å². The fourth-order valence-corrected chi connectivity index (χ4v) is 4.47. The van der Waals surface area contributed by atoms with E-state index in [0.717, 1.165) is 12.0 Å². The van der Waals surface area contributed by atoms with Crippen molar-refractivity contribution < 1.29 is 19.0 Å². The number of amides is 1. The molecule has 1 saturated heterocycles. The third-order valence-electron chi connectivity index (χ3n) is 4.66. The fourth-order valence-electron chi connectivity index (χ4n) is 2.92. The Labute approximate surface area is 197 Å². The summed E-state index contributed by atoms with van der Waals surface area (Å²) in [5, 5.41) is 0.413. The SMILES string of the molecule is CCOc1cc(/C=C2/SC(=S)N(c3ccc(OC)c(Cl)c3)C2=O)ccc1O[C@H](C)CC. The molecule has 3 rings (SSSR count). The van der Waals surface area contributed by atoms with E-state index in [1.807, 2.05) is 32.0 Å². The van der Waals surface area contributed by atoms with Crippen LogP contribution in [0.4, 0.5) is 5.69 Å². The van der Waals surface area contributed by atoms with Crippen molar-refractivity contribution in [3.05, 3.63) is 51.9 Å². The summed E-state index contributed by atoms with van der Waals surface area (Å²) in [6.45, 7) is 6.52. The summed E-state index contributed by atoms with van der Waals surface area (Å²) in [6, 6.07) is 10.8. The number of thioether (sulfide) groups is 1. The first-order chi connectivity index (χ1) is 14.9. The van der Waals surface area contributed by atoms with E-state index in [-0.39, 0.29) is 12.0 Å². The zero-order valence-corrected chi connectivity index (χ0v) is 20.2. The third kappa shape index (κ3) is 5.34. The number of anilines is 1. The van der Waals surface area contributed by atoms with Crippen molar-refractivity contribution in [2.24, 2.45) is 0 Å². The van der Waals surface area contributed by atoms with Gasteiger partial charge in [-0.2, -0.15) is 0 Å². The molecule has 1 atom stereocenters. The lowest BCUT2D eigenvalue weighted by atomic mass is 10.1. The van der Waals surface area contributed by atoms with Crippen LogP contribution in [0.2, 0.25) is 5.02 Å². The van der Waals surface area contributed by atoms with E-state index in [1.54, 1.807) is 31.4 Å². The Bertz CT molecular complexity index is 1020. The Morgan fingerprint density at radius 3 is 2.55 bits per heavy atom. The van der Waals surface area contributed by atoms with Crippen LogP contribution in [0.3, 0.4) is 0 Å². The molecule has 5 nitrogen and oxygen atoms in total. The first kappa shape index (κ1) is 23.4. The first-order valence-electron chi connectivity index (χ1n) is 9.92. The molecule has 0 aromatic heterocycles. The minimum absolute atomic E-state index is 0.0811. The summed E-state index contributed by atoms with van der Waals surface area (Å²) in [5.41, 5.74) is 1.43. The van der Waals surface area contributed by atoms with Gasteiger partial charge >= 0.3 is 0 Å². The summed E-state index contributed by atoms with van der Waals surface area (Å²) in [7, 11) is 1.54. The molecule has 0 bridgehead atoms. The molecule has 1 aliphatic heterocycles. The Morgan fingerprint density at radius 1 is 1.16 bits per heavy atom. The van der Waals surface area contributed by atoms with Gasteiger partial charge in [0.25, 0.3) is 5.91 Å². The van der Waals surface area contributed by atoms with Crippen molar-refractivity contribution in [2.75, 3.05) is 18.6 Å². The van der Waals surface area contributed by atoms with Gasteiger partial charge in [0.15, 0.2) is 15.8 Å². The normalized spacial score (nSPS) is 16.0. The number of thiocarbonyl (C=S) groups is 1. The molecule has 31 heavy (non-hydrogen) atoms. The van der Waals surface area contributed by atoms with Gasteiger partial charge in [0.05, 0.1) is 35.4 Å². The lowest BCUT2D eigenvalue weighted by molar-refractivity contribution is -0.113. The molecule has 2 aromatic carbocycles. The second kappa shape index (κ2) is 10.4. The number of hydrogen-bond acceptors (Lipinski definition) is 6. The minimum atomic E-state index is -0.200. The molecule has 8 heteroatoms. The zero-order chi connectivity index (χ0) is 22.5. The average molecular weight is 478 g/mol. The molecule has 1 amide bonds. The van der Waals surface area contributed by atoms with Crippen LogP contribution in [0.25, 0.3) is 6.08 Å². The predicted octanol–water partition coefficient (Wildman–Crippen LogP) is 6.33. The van der Waals surface area contributed by atoms with Crippen LogP contribution in [-0.4, -0.2) is 30.0 Å². The van der Waals surface area contributed by atoms with E-state index >= 15 is 0 Å². The maximum Gasteiger partial charge on any atom is 0.270 e. The number of methoxy groups -OCH3 is 1. The molecule has 0 saturated carbocycles. The van der Waals surface area contributed by atoms with Crippen LogP contribution >= 0.6 is 35.6 Å². The van der Waals surface area contributed by atoms with Gasteiger partial charge in [-0.15, -0.1) is 0 Å². The maximum absolute atomic E-state index is 13.1. The van der Waals surface area contributed by atoms with Gasteiger partial charge in [0, 0.05) is 0 Å². The number of nitrogens with zero attached hydrogens (tertiary/aromatic N) is 1. The number of rotatable bonds is 8. The van der Waals surface area contributed by atoms with E-state index < -0.39 is 0 Å². The summed E-state index contributed by atoms with van der Waals surface area (Å²) in [5.74, 6) is 1.67. The topological polar surface area (TPSA) is 48.0 Å². The summed E-state index contributed by atoms with van der Waals surface area (Å²) in [4.78, 5) is 15.1. The van der Waals surface area contributed by atoms with Crippen molar-refractivity contribution in [1.82, 2.24) is 0 Å². The van der Waals surface area contributed by atoms with Crippen LogP contribution in [0.15, 0.2) is 41.3 Å². The first-order valence-corrected chi connectivity index (χ1v) is 11.5. The van der Waals surface area contributed by atoms with Crippen molar-refractivity contribution in [2.45, 2.75) is 33.3 Å². The highest BCUT2D eigenvalue weighted by atomic mass is 35.5. The Kier molecular flexibility index (Phi) is 7.86. The fraction of sp³-hybridized carbons (Fsp3) is 0.304. The smallest absolute Gasteiger partial charge is 0.270 e. The number of carbonyl (C=O) groups is 1. The second-order valence-corrected chi connectivity index (χ2v) is 8.89. The maximum atomic E-state index is 13.1. The van der Waals surface area contributed by atoms with Crippen LogP contribution in [0, 0.1) is 0 Å². The Morgan fingerprint density at radius 2 is 1.90 bits per heavy atom. The molecule has 0 spiro atoms. The van der Waals surface area contributed by atoms with Crippen molar-refractivity contribution in [3.8, 4) is 17.2 Å². The zero-order valence-electron chi connectivity index (χ0n) is 17.8. The minimum Gasteiger partial charge on any atom is -0.495 e. The Balaban J connectivity index is 1.88. The molecule has 0 N–H and O–H groups in total. The summed E-state index contributed by atoms with van der Waals surface area (Å²) in [6.07, 6.45) is 2.78. The largest absolute Gasteiger partial charge is 0.495 e. The van der Waals surface area contributed by atoms with E-state index in [9.17, 15) is 4.79 Å². The highest BCUT2D eigenvalue weighted by Gasteiger charge is 2.33. The molecule has 2 aromatic rings. The third-order valence-corrected chi connectivity index (χ3v) is 6.25. The number of hydrogen-bond donors (Lipinski definition) is 0. The van der Waals surface area contributed by atoms with Crippen LogP contribution in [0.5, 0.6) is 17.2 Å². The number of ether oxygens (including phenoxy) is 3. The van der Waals surface area contributed by atoms with E-state index in [4.69, 9.17) is 38.0 Å². The molecule has 0 radical (unpaired) electrons. The van der Waals surface area contributed by atoms with Crippen LogP contribution in [0.1, 0.15) is 32.8 Å². The highest BCUT2D eigenvalue weighted by Crippen LogP contribution is 2.39. The summed E-state index contributed by atoms with van der Waals surface area (Å²) < 4.78 is 17.3. The highest BCUT2D eigenvalue weighted by molar-refractivity contribution is 8.27. The van der Waals surface area contributed by atoms with Crippen LogP contribution in [-0.2, 0) is 4.79 Å². The molecule has 164 valence electrons.